The Morgan fingerprint density at radius 3 is 2.56 bits per heavy atom. The molecule has 36 heavy (non-hydrogen) atoms. The van der Waals surface area contributed by atoms with Gasteiger partial charge in [-0.3, -0.25) is 4.98 Å². The van der Waals surface area contributed by atoms with Gasteiger partial charge in [0.05, 0.1) is 33.8 Å². The van der Waals surface area contributed by atoms with Crippen molar-refractivity contribution in [1.29, 1.82) is 0 Å². The lowest BCUT2D eigenvalue weighted by Gasteiger charge is -2.40. The molecule has 0 amide bonds. The third-order valence-corrected chi connectivity index (χ3v) is 9.60. The second-order valence-corrected chi connectivity index (χ2v) is 12.2. The first-order chi connectivity index (χ1) is 17.3. The number of thiazole rings is 1. The first-order valence-corrected chi connectivity index (χ1v) is 13.7. The lowest BCUT2D eigenvalue weighted by molar-refractivity contribution is 0.00446. The van der Waals surface area contributed by atoms with Gasteiger partial charge in [0.1, 0.15) is 22.4 Å². The molecule has 3 fully saturated rings. The topological polar surface area (TPSA) is 136 Å². The Hall–Kier alpha value is -2.40. The van der Waals surface area contributed by atoms with Crippen molar-refractivity contribution in [3.05, 3.63) is 23.7 Å². The zero-order valence-electron chi connectivity index (χ0n) is 20.9. The highest BCUT2D eigenvalue weighted by molar-refractivity contribution is 7.21. The zero-order chi connectivity index (χ0) is 25.2. The van der Waals surface area contributed by atoms with Crippen molar-refractivity contribution in [2.45, 2.75) is 77.2 Å². The van der Waals surface area contributed by atoms with E-state index in [1.807, 2.05) is 19.9 Å². The van der Waals surface area contributed by atoms with Crippen molar-refractivity contribution in [2.24, 2.45) is 17.3 Å². The van der Waals surface area contributed by atoms with Crippen LogP contribution in [-0.4, -0.2) is 66.2 Å². The highest BCUT2D eigenvalue weighted by atomic mass is 32.1. The van der Waals surface area contributed by atoms with Gasteiger partial charge in [0.25, 0.3) is 0 Å². The smallest absolute Gasteiger partial charge is 0.225 e. The molecule has 3 aromatic rings. The summed E-state index contributed by atoms with van der Waals surface area (Å²) in [5.41, 5.74) is 3.92. The fourth-order valence-electron chi connectivity index (χ4n) is 6.02. The number of pyridine rings is 1. The van der Waals surface area contributed by atoms with Crippen molar-refractivity contribution >= 4 is 33.3 Å². The normalized spacial score (nSPS) is 27.8. The van der Waals surface area contributed by atoms with Crippen LogP contribution in [0.25, 0.3) is 20.8 Å². The largest absolute Gasteiger partial charge is 0.396 e. The molecule has 1 spiro atoms. The molecule has 6 rings (SSSR count). The number of nitrogens with one attached hydrogen (secondary N) is 2. The van der Waals surface area contributed by atoms with E-state index >= 15 is 0 Å². The van der Waals surface area contributed by atoms with Gasteiger partial charge >= 0.3 is 0 Å². The van der Waals surface area contributed by atoms with E-state index in [0.717, 1.165) is 32.2 Å². The molecule has 0 aromatic carbocycles. The SMILES string of the molecule is Cc1nc(N[C@H](C)C2CC3(CC3)C2)nc(N[C@@H]2C[C@H](CO)[C@@H](O)[C@H]2O)c1-c1nc2c(C)nccc2s1. The molecule has 5 N–H and O–H groups in total. The molecule has 3 saturated carbocycles. The Balaban J connectivity index is 1.35. The van der Waals surface area contributed by atoms with Crippen molar-refractivity contribution < 1.29 is 15.3 Å². The molecule has 0 aliphatic heterocycles. The number of rotatable bonds is 7. The van der Waals surface area contributed by atoms with Gasteiger partial charge < -0.3 is 26.0 Å². The van der Waals surface area contributed by atoms with Crippen LogP contribution in [0.4, 0.5) is 11.8 Å². The fraction of sp³-hybridized carbons (Fsp3) is 0.615. The monoisotopic (exact) mass is 510 g/mol. The maximum atomic E-state index is 10.7. The third kappa shape index (κ3) is 4.13. The maximum Gasteiger partial charge on any atom is 0.225 e. The molecule has 0 bridgehead atoms. The summed E-state index contributed by atoms with van der Waals surface area (Å²) in [5.74, 6) is 1.37. The van der Waals surface area contributed by atoms with Gasteiger partial charge in [0, 0.05) is 24.8 Å². The number of aromatic nitrogens is 4. The zero-order valence-corrected chi connectivity index (χ0v) is 21.7. The predicted octanol–water partition coefficient (Wildman–Crippen LogP) is 3.27. The van der Waals surface area contributed by atoms with E-state index in [-0.39, 0.29) is 18.6 Å². The highest BCUT2D eigenvalue weighted by Gasteiger charge is 2.54. The van der Waals surface area contributed by atoms with Gasteiger partial charge in [0.15, 0.2) is 0 Å². The van der Waals surface area contributed by atoms with Crippen LogP contribution >= 0.6 is 11.3 Å². The van der Waals surface area contributed by atoms with Crippen molar-refractivity contribution in [1.82, 2.24) is 19.9 Å². The first kappa shape index (κ1) is 24.0. The number of fused-ring (bicyclic) bond motifs is 1. The third-order valence-electron chi connectivity index (χ3n) is 8.56. The molecule has 0 saturated heterocycles. The Bertz CT molecular complexity index is 1290. The van der Waals surface area contributed by atoms with Gasteiger partial charge in [-0.1, -0.05) is 0 Å². The molecule has 192 valence electrons. The Labute approximate surface area is 214 Å². The maximum absolute atomic E-state index is 10.7. The van der Waals surface area contributed by atoms with Crippen LogP contribution < -0.4 is 10.6 Å². The predicted molar refractivity (Wildman–Crippen MR) is 140 cm³/mol. The number of anilines is 2. The van der Waals surface area contributed by atoms with Gasteiger partial charge in [-0.15, -0.1) is 11.3 Å². The number of nitrogens with zero attached hydrogens (tertiary/aromatic N) is 4. The van der Waals surface area contributed by atoms with Crippen molar-refractivity contribution in [2.75, 3.05) is 17.2 Å². The summed E-state index contributed by atoms with van der Waals surface area (Å²) >= 11 is 1.56. The van der Waals surface area contributed by atoms with Crippen LogP contribution in [0.15, 0.2) is 12.3 Å². The van der Waals surface area contributed by atoms with Crippen LogP contribution in [0, 0.1) is 31.1 Å². The van der Waals surface area contributed by atoms with Crippen LogP contribution in [0.1, 0.15) is 50.4 Å². The molecule has 3 aromatic heterocycles. The Morgan fingerprint density at radius 2 is 1.89 bits per heavy atom. The van der Waals surface area contributed by atoms with Crippen LogP contribution in [-0.2, 0) is 0 Å². The van der Waals surface area contributed by atoms with E-state index < -0.39 is 18.2 Å². The lowest BCUT2D eigenvalue weighted by Crippen LogP contribution is -2.38. The van der Waals surface area contributed by atoms with Crippen molar-refractivity contribution in [3.8, 4) is 10.6 Å². The summed E-state index contributed by atoms with van der Waals surface area (Å²) in [7, 11) is 0. The quantitative estimate of drug-likeness (QED) is 0.324. The lowest BCUT2D eigenvalue weighted by atomic mass is 9.69. The molecule has 3 aliphatic rings. The molecular formula is C26H34N6O3S. The van der Waals surface area contributed by atoms with Crippen LogP contribution in [0.3, 0.4) is 0 Å². The number of aliphatic hydroxyl groups is 3. The van der Waals surface area contributed by atoms with Gasteiger partial charge in [-0.2, -0.15) is 4.98 Å². The van der Waals surface area contributed by atoms with E-state index in [9.17, 15) is 15.3 Å². The van der Waals surface area contributed by atoms with Gasteiger partial charge in [-0.25, -0.2) is 9.97 Å². The molecule has 3 aliphatic carbocycles. The second kappa shape index (κ2) is 8.86. The molecular weight excluding hydrogens is 476 g/mol. The van der Waals surface area contributed by atoms with Gasteiger partial charge in [-0.05, 0) is 70.3 Å². The minimum absolute atomic E-state index is 0.177. The summed E-state index contributed by atoms with van der Waals surface area (Å²) in [6.45, 7) is 5.92. The molecule has 0 radical (unpaired) electrons. The Morgan fingerprint density at radius 1 is 1.11 bits per heavy atom. The Kier molecular flexibility index (Phi) is 5.90. The average molecular weight is 511 g/mol. The average Bonchev–Trinajstić information content (AvgIpc) is 3.44. The summed E-state index contributed by atoms with van der Waals surface area (Å²) < 4.78 is 1.04. The molecule has 9 nitrogen and oxygen atoms in total. The van der Waals surface area contributed by atoms with Crippen molar-refractivity contribution in [3.63, 3.8) is 0 Å². The molecule has 10 heteroatoms. The number of hydrogen-bond acceptors (Lipinski definition) is 10. The summed E-state index contributed by atoms with van der Waals surface area (Å²) in [6, 6.07) is 1.77. The fourth-order valence-corrected chi connectivity index (χ4v) is 7.13. The first-order valence-electron chi connectivity index (χ1n) is 12.9. The van der Waals surface area contributed by atoms with E-state index in [2.05, 4.69) is 22.5 Å². The summed E-state index contributed by atoms with van der Waals surface area (Å²) in [6.07, 6.45) is 5.52. The van der Waals surface area contributed by atoms with Crippen LogP contribution in [0.5, 0.6) is 0 Å². The van der Waals surface area contributed by atoms with Gasteiger partial charge in [0.2, 0.25) is 5.95 Å². The minimum Gasteiger partial charge on any atom is -0.396 e. The number of aryl methyl sites for hydroxylation is 2. The summed E-state index contributed by atoms with van der Waals surface area (Å²) in [5, 5.41) is 38.4. The second-order valence-electron chi connectivity index (χ2n) is 11.1. The number of hydrogen-bond donors (Lipinski definition) is 5. The van der Waals surface area contributed by atoms with E-state index in [4.69, 9.17) is 15.0 Å². The molecule has 3 heterocycles. The van der Waals surface area contributed by atoms with E-state index in [0.29, 0.717) is 29.5 Å². The van der Waals surface area contributed by atoms with E-state index in [1.165, 1.54) is 25.7 Å². The standard InChI is InChI=1S/C26H34N6O3S/c1-12(16-9-26(10-16)5-6-26)28-25-29-13(2)19(24-31-20-14(3)27-7-4-18(20)36-24)23(32-25)30-17-8-15(11-33)21(34)22(17)35/h4,7,12,15-17,21-22,33-35H,5-6,8-11H2,1-3H3,(H2,28,29,30,32)/t12-,15-,17-,21-,22+/m1/s1. The number of aliphatic hydroxyl groups excluding tert-OH is 3. The minimum atomic E-state index is -1.01. The van der Waals surface area contributed by atoms with Crippen LogP contribution in [0.2, 0.25) is 0 Å². The molecule has 5 atom stereocenters. The van der Waals surface area contributed by atoms with E-state index in [1.54, 1.807) is 17.5 Å². The summed E-state index contributed by atoms with van der Waals surface area (Å²) in [4.78, 5) is 18.9. The highest BCUT2D eigenvalue weighted by Crippen LogP contribution is 2.64. The molecule has 0 unspecified atom stereocenters.